The smallest absolute Gasteiger partial charge is 0.331 e. The number of hydrogen-bond acceptors (Lipinski definition) is 5. The summed E-state index contributed by atoms with van der Waals surface area (Å²) in [7, 11) is 1.45. The van der Waals surface area contributed by atoms with Crippen LogP contribution in [0.2, 0.25) is 0 Å². The van der Waals surface area contributed by atoms with Crippen LogP contribution in [0.25, 0.3) is 6.08 Å². The molecule has 1 fully saturated rings. The fraction of sp³-hybridized carbons (Fsp3) is 0.444. The Morgan fingerprint density at radius 1 is 1.33 bits per heavy atom. The monoisotopic (exact) mass is 333 g/mol. The first-order chi connectivity index (χ1) is 11.5. The summed E-state index contributed by atoms with van der Waals surface area (Å²) in [6, 6.07) is 4.90. The molecule has 0 heterocycles. The van der Waals surface area contributed by atoms with Crippen LogP contribution in [-0.2, 0) is 14.3 Å². The zero-order valence-electron chi connectivity index (χ0n) is 14.0. The van der Waals surface area contributed by atoms with Gasteiger partial charge < -0.3 is 19.9 Å². The molecule has 0 aliphatic heterocycles. The van der Waals surface area contributed by atoms with E-state index in [0.29, 0.717) is 11.3 Å². The Kier molecular flexibility index (Phi) is 6.23. The third-order valence-corrected chi connectivity index (χ3v) is 3.98. The van der Waals surface area contributed by atoms with Gasteiger partial charge in [0, 0.05) is 12.1 Å². The zero-order valence-corrected chi connectivity index (χ0v) is 14.0. The summed E-state index contributed by atoms with van der Waals surface area (Å²) in [6.45, 7) is 1.56. The van der Waals surface area contributed by atoms with Crippen LogP contribution in [0.15, 0.2) is 24.3 Å². The highest BCUT2D eigenvalue weighted by Crippen LogP contribution is 2.26. The molecule has 1 amide bonds. The molecule has 6 nitrogen and oxygen atoms in total. The molecule has 24 heavy (non-hydrogen) atoms. The van der Waals surface area contributed by atoms with Crippen molar-refractivity contribution in [3.8, 4) is 11.5 Å². The Morgan fingerprint density at radius 3 is 2.71 bits per heavy atom. The van der Waals surface area contributed by atoms with Gasteiger partial charge in [0.05, 0.1) is 7.11 Å². The number of amides is 1. The van der Waals surface area contributed by atoms with E-state index >= 15 is 0 Å². The van der Waals surface area contributed by atoms with Crippen molar-refractivity contribution in [3.05, 3.63) is 29.8 Å². The Hall–Kier alpha value is -2.50. The van der Waals surface area contributed by atoms with Gasteiger partial charge in [-0.05, 0) is 43.5 Å². The lowest BCUT2D eigenvalue weighted by Crippen LogP contribution is -2.40. The van der Waals surface area contributed by atoms with Crippen molar-refractivity contribution in [1.29, 1.82) is 0 Å². The fourth-order valence-electron chi connectivity index (χ4n) is 2.62. The number of aromatic hydroxyl groups is 1. The van der Waals surface area contributed by atoms with Gasteiger partial charge in [0.2, 0.25) is 0 Å². The molecule has 6 heteroatoms. The molecule has 0 aromatic heterocycles. The molecule has 0 spiro atoms. The second-order valence-corrected chi connectivity index (χ2v) is 5.83. The Morgan fingerprint density at radius 2 is 2.04 bits per heavy atom. The summed E-state index contributed by atoms with van der Waals surface area (Å²) < 4.78 is 10.1. The number of rotatable bonds is 6. The number of hydrogen-bond donors (Lipinski definition) is 2. The minimum Gasteiger partial charge on any atom is -0.504 e. The van der Waals surface area contributed by atoms with Gasteiger partial charge >= 0.3 is 5.97 Å². The topological polar surface area (TPSA) is 84.9 Å². The van der Waals surface area contributed by atoms with Gasteiger partial charge in [-0.3, -0.25) is 4.79 Å². The molecular formula is C18H23NO5. The van der Waals surface area contributed by atoms with Crippen molar-refractivity contribution in [2.24, 2.45) is 0 Å². The lowest BCUT2D eigenvalue weighted by atomic mass is 10.2. The highest BCUT2D eigenvalue weighted by molar-refractivity contribution is 5.90. The first-order valence-corrected chi connectivity index (χ1v) is 8.05. The van der Waals surface area contributed by atoms with E-state index in [-0.39, 0.29) is 17.7 Å². The normalized spacial score (nSPS) is 16.1. The molecule has 1 aliphatic carbocycles. The number of carbonyl (C=O) groups excluding carboxylic acids is 2. The number of carbonyl (C=O) groups is 2. The Labute approximate surface area is 141 Å². The molecule has 130 valence electrons. The van der Waals surface area contributed by atoms with E-state index in [9.17, 15) is 14.7 Å². The van der Waals surface area contributed by atoms with Crippen molar-refractivity contribution < 1.29 is 24.2 Å². The van der Waals surface area contributed by atoms with Gasteiger partial charge in [-0.2, -0.15) is 0 Å². The maximum absolute atomic E-state index is 12.0. The number of ether oxygens (including phenoxy) is 2. The van der Waals surface area contributed by atoms with Gasteiger partial charge in [0.25, 0.3) is 5.91 Å². The molecule has 1 aliphatic rings. The van der Waals surface area contributed by atoms with Crippen LogP contribution in [0, 0.1) is 0 Å². The molecule has 0 saturated heterocycles. The molecule has 2 N–H and O–H groups in total. The molecule has 1 aromatic carbocycles. The van der Waals surface area contributed by atoms with Crippen molar-refractivity contribution in [1.82, 2.24) is 5.32 Å². The molecule has 1 atom stereocenters. The van der Waals surface area contributed by atoms with Crippen molar-refractivity contribution in [2.75, 3.05) is 7.11 Å². The first kappa shape index (κ1) is 17.8. The van der Waals surface area contributed by atoms with Crippen LogP contribution in [0.4, 0.5) is 0 Å². The van der Waals surface area contributed by atoms with Gasteiger partial charge in [-0.15, -0.1) is 0 Å². The van der Waals surface area contributed by atoms with Gasteiger partial charge in [0.15, 0.2) is 17.6 Å². The second-order valence-electron chi connectivity index (χ2n) is 5.83. The van der Waals surface area contributed by atoms with Gasteiger partial charge in [-0.25, -0.2) is 4.79 Å². The predicted octanol–water partition coefficient (Wildman–Crippen LogP) is 2.40. The summed E-state index contributed by atoms with van der Waals surface area (Å²) in [5.41, 5.74) is 0.671. The molecule has 0 radical (unpaired) electrons. The number of methoxy groups -OCH3 is 1. The van der Waals surface area contributed by atoms with Crippen molar-refractivity contribution in [2.45, 2.75) is 44.8 Å². The highest BCUT2D eigenvalue weighted by atomic mass is 16.5. The van der Waals surface area contributed by atoms with E-state index in [1.54, 1.807) is 19.1 Å². The quantitative estimate of drug-likeness (QED) is 0.617. The van der Waals surface area contributed by atoms with Crippen LogP contribution in [-0.4, -0.2) is 36.2 Å². The Balaban J connectivity index is 1.86. The average Bonchev–Trinajstić information content (AvgIpc) is 3.07. The predicted molar refractivity (Wildman–Crippen MR) is 89.6 cm³/mol. The van der Waals surface area contributed by atoms with E-state index in [4.69, 9.17) is 9.47 Å². The number of nitrogens with one attached hydrogen (secondary N) is 1. The Bertz CT molecular complexity index is 620. The molecule has 1 unspecified atom stereocenters. The van der Waals surface area contributed by atoms with Gasteiger partial charge in [-0.1, -0.05) is 18.9 Å². The van der Waals surface area contributed by atoms with Crippen molar-refractivity contribution >= 4 is 18.0 Å². The number of phenolic OH excluding ortho intramolecular Hbond substituents is 1. The highest BCUT2D eigenvalue weighted by Gasteiger charge is 2.22. The lowest BCUT2D eigenvalue weighted by molar-refractivity contribution is -0.150. The molecular weight excluding hydrogens is 310 g/mol. The standard InChI is InChI=1S/C18H23NO5/c1-12(18(22)19-14-5-3-4-6-14)24-17(21)10-8-13-7-9-15(20)16(11-13)23-2/h7-12,14,20H,3-6H2,1-2H3,(H,19,22). The summed E-state index contributed by atoms with van der Waals surface area (Å²) in [5, 5.41) is 12.4. The van der Waals surface area contributed by atoms with Crippen molar-refractivity contribution in [3.63, 3.8) is 0 Å². The minimum atomic E-state index is -0.836. The van der Waals surface area contributed by atoms with Crippen LogP contribution in [0.5, 0.6) is 11.5 Å². The van der Waals surface area contributed by atoms with E-state index in [1.807, 2.05) is 0 Å². The fourth-order valence-corrected chi connectivity index (χ4v) is 2.62. The average molecular weight is 333 g/mol. The number of esters is 1. The maximum atomic E-state index is 12.0. The first-order valence-electron chi connectivity index (χ1n) is 8.05. The van der Waals surface area contributed by atoms with Crippen LogP contribution in [0.1, 0.15) is 38.2 Å². The van der Waals surface area contributed by atoms with E-state index < -0.39 is 12.1 Å². The lowest BCUT2D eigenvalue weighted by Gasteiger charge is -2.16. The van der Waals surface area contributed by atoms with Crippen LogP contribution < -0.4 is 10.1 Å². The molecule has 1 aromatic rings. The maximum Gasteiger partial charge on any atom is 0.331 e. The summed E-state index contributed by atoms with van der Waals surface area (Å²) in [6.07, 6.45) is 6.15. The summed E-state index contributed by atoms with van der Waals surface area (Å²) >= 11 is 0. The SMILES string of the molecule is COc1cc(C=CC(=O)OC(C)C(=O)NC2CCCC2)ccc1O. The van der Waals surface area contributed by atoms with Crippen LogP contribution >= 0.6 is 0 Å². The zero-order chi connectivity index (χ0) is 17.5. The third kappa shape index (κ3) is 5.01. The summed E-state index contributed by atoms with van der Waals surface area (Å²) in [4.78, 5) is 23.8. The summed E-state index contributed by atoms with van der Waals surface area (Å²) in [5.74, 6) is -0.532. The largest absolute Gasteiger partial charge is 0.504 e. The van der Waals surface area contributed by atoms with Crippen LogP contribution in [0.3, 0.4) is 0 Å². The van der Waals surface area contributed by atoms with E-state index in [1.165, 1.54) is 25.3 Å². The molecule has 1 saturated carbocycles. The van der Waals surface area contributed by atoms with E-state index in [0.717, 1.165) is 25.7 Å². The number of phenols is 1. The third-order valence-electron chi connectivity index (χ3n) is 3.98. The number of benzene rings is 1. The van der Waals surface area contributed by atoms with Gasteiger partial charge in [0.1, 0.15) is 0 Å². The molecule has 0 bridgehead atoms. The minimum absolute atomic E-state index is 0.0226. The molecule has 2 rings (SSSR count). The second kappa shape index (κ2) is 8.38. The van der Waals surface area contributed by atoms with E-state index in [2.05, 4.69) is 5.32 Å².